The SMILES string of the molecule is C=C(NOc1ccccc1CBr)C(=O)OC. The van der Waals surface area contributed by atoms with Crippen LogP contribution in [-0.4, -0.2) is 13.1 Å². The Bertz CT molecular complexity index is 393. The molecule has 1 aromatic rings. The number of hydroxylamine groups is 1. The first-order valence-electron chi connectivity index (χ1n) is 4.53. The van der Waals surface area contributed by atoms with Gasteiger partial charge in [-0.1, -0.05) is 40.7 Å². The van der Waals surface area contributed by atoms with E-state index in [1.165, 1.54) is 7.11 Å². The summed E-state index contributed by atoms with van der Waals surface area (Å²) in [6, 6.07) is 7.43. The zero-order chi connectivity index (χ0) is 12.0. The Kier molecular flexibility index (Phi) is 4.85. The Labute approximate surface area is 102 Å². The van der Waals surface area contributed by atoms with Crippen molar-refractivity contribution in [1.82, 2.24) is 5.48 Å². The maximum absolute atomic E-state index is 11.0. The molecule has 0 aliphatic rings. The molecule has 0 atom stereocenters. The Morgan fingerprint density at radius 3 is 2.81 bits per heavy atom. The number of methoxy groups -OCH3 is 1. The Morgan fingerprint density at radius 1 is 1.50 bits per heavy atom. The molecule has 0 aliphatic carbocycles. The molecular formula is C11H12BrNO3. The number of esters is 1. The number of rotatable bonds is 5. The molecule has 1 aromatic carbocycles. The van der Waals surface area contributed by atoms with Crippen molar-refractivity contribution in [3.63, 3.8) is 0 Å². The van der Waals surface area contributed by atoms with E-state index in [1.54, 1.807) is 6.07 Å². The molecule has 0 saturated carbocycles. The van der Waals surface area contributed by atoms with Crippen LogP contribution in [0.5, 0.6) is 5.75 Å². The second-order valence-corrected chi connectivity index (χ2v) is 3.48. The molecule has 0 heterocycles. The van der Waals surface area contributed by atoms with Crippen LogP contribution in [0.15, 0.2) is 36.5 Å². The van der Waals surface area contributed by atoms with Crippen molar-refractivity contribution in [3.05, 3.63) is 42.1 Å². The molecule has 0 aliphatic heterocycles. The monoisotopic (exact) mass is 285 g/mol. The zero-order valence-corrected chi connectivity index (χ0v) is 10.4. The van der Waals surface area contributed by atoms with Crippen molar-refractivity contribution < 1.29 is 14.4 Å². The fraction of sp³-hybridized carbons (Fsp3) is 0.182. The summed E-state index contributed by atoms with van der Waals surface area (Å²) in [7, 11) is 1.28. The molecule has 0 aromatic heterocycles. The molecule has 1 rings (SSSR count). The van der Waals surface area contributed by atoms with Gasteiger partial charge in [-0.15, -0.1) is 0 Å². The van der Waals surface area contributed by atoms with Gasteiger partial charge in [-0.25, -0.2) is 10.3 Å². The summed E-state index contributed by atoms with van der Waals surface area (Å²) >= 11 is 3.34. The lowest BCUT2D eigenvalue weighted by molar-refractivity contribution is -0.137. The van der Waals surface area contributed by atoms with Crippen molar-refractivity contribution >= 4 is 21.9 Å². The predicted octanol–water partition coefficient (Wildman–Crippen LogP) is 2.15. The molecule has 0 spiro atoms. The van der Waals surface area contributed by atoms with E-state index < -0.39 is 5.97 Å². The Hall–Kier alpha value is -1.49. The third-order valence-corrected chi connectivity index (χ3v) is 2.44. The number of alkyl halides is 1. The molecule has 0 amide bonds. The summed E-state index contributed by atoms with van der Waals surface area (Å²) in [6.07, 6.45) is 0. The highest BCUT2D eigenvalue weighted by Crippen LogP contribution is 2.19. The highest BCUT2D eigenvalue weighted by molar-refractivity contribution is 9.08. The van der Waals surface area contributed by atoms with Crippen LogP contribution in [0.2, 0.25) is 0 Å². The lowest BCUT2D eigenvalue weighted by atomic mass is 10.2. The largest absolute Gasteiger partial charge is 0.464 e. The first-order valence-corrected chi connectivity index (χ1v) is 5.65. The lowest BCUT2D eigenvalue weighted by Gasteiger charge is -2.11. The van der Waals surface area contributed by atoms with Crippen molar-refractivity contribution in [2.45, 2.75) is 5.33 Å². The number of carbonyl (C=O) groups is 1. The van der Waals surface area contributed by atoms with Gasteiger partial charge in [-0.05, 0) is 6.07 Å². The summed E-state index contributed by atoms with van der Waals surface area (Å²) < 4.78 is 4.47. The van der Waals surface area contributed by atoms with Gasteiger partial charge in [-0.3, -0.25) is 0 Å². The number of para-hydroxylation sites is 1. The van der Waals surface area contributed by atoms with Crippen LogP contribution in [-0.2, 0) is 14.9 Å². The summed E-state index contributed by atoms with van der Waals surface area (Å²) in [6.45, 7) is 3.47. The number of hydrogen-bond donors (Lipinski definition) is 1. The van der Waals surface area contributed by atoms with Crippen molar-refractivity contribution in [1.29, 1.82) is 0 Å². The second kappa shape index (κ2) is 6.17. The number of hydrogen-bond acceptors (Lipinski definition) is 4. The topological polar surface area (TPSA) is 47.6 Å². The Balaban J connectivity index is 2.61. The van der Waals surface area contributed by atoms with Crippen molar-refractivity contribution in [2.75, 3.05) is 7.11 Å². The normalized spacial score (nSPS) is 9.38. The van der Waals surface area contributed by atoms with E-state index in [9.17, 15) is 4.79 Å². The average molecular weight is 286 g/mol. The fourth-order valence-corrected chi connectivity index (χ4v) is 1.46. The van der Waals surface area contributed by atoms with E-state index in [2.05, 4.69) is 32.7 Å². The van der Waals surface area contributed by atoms with Crippen LogP contribution >= 0.6 is 15.9 Å². The van der Waals surface area contributed by atoms with E-state index in [-0.39, 0.29) is 5.70 Å². The molecule has 1 N–H and O–H groups in total. The first-order chi connectivity index (χ1) is 7.69. The summed E-state index contributed by atoms with van der Waals surface area (Å²) in [5.74, 6) is 0.0701. The van der Waals surface area contributed by atoms with Gasteiger partial charge in [0.2, 0.25) is 0 Å². The minimum Gasteiger partial charge on any atom is -0.464 e. The minimum atomic E-state index is -0.559. The number of halogens is 1. The number of nitrogens with one attached hydrogen (secondary N) is 1. The van der Waals surface area contributed by atoms with Crippen LogP contribution in [0, 0.1) is 0 Å². The minimum absolute atomic E-state index is 0.0480. The average Bonchev–Trinajstić information content (AvgIpc) is 2.35. The Morgan fingerprint density at radius 2 is 2.19 bits per heavy atom. The van der Waals surface area contributed by atoms with Crippen molar-refractivity contribution in [2.24, 2.45) is 0 Å². The smallest absolute Gasteiger partial charge is 0.356 e. The first kappa shape index (κ1) is 12.6. The molecule has 0 saturated heterocycles. The quantitative estimate of drug-likeness (QED) is 0.390. The maximum Gasteiger partial charge on any atom is 0.356 e. The van der Waals surface area contributed by atoms with Crippen LogP contribution in [0.3, 0.4) is 0 Å². The van der Waals surface area contributed by atoms with Crippen LogP contribution in [0.25, 0.3) is 0 Å². The molecule has 16 heavy (non-hydrogen) atoms. The number of benzene rings is 1. The standard InChI is InChI=1S/C11H12BrNO3/c1-8(11(14)15-2)13-16-10-6-4-3-5-9(10)7-12/h3-6,13H,1,7H2,2H3. The summed E-state index contributed by atoms with van der Waals surface area (Å²) in [4.78, 5) is 16.2. The molecule has 5 heteroatoms. The fourth-order valence-electron chi connectivity index (χ4n) is 0.995. The third kappa shape index (κ3) is 3.27. The lowest BCUT2D eigenvalue weighted by Crippen LogP contribution is -2.24. The highest BCUT2D eigenvalue weighted by Gasteiger charge is 2.07. The number of carbonyl (C=O) groups excluding carboxylic acids is 1. The van der Waals surface area contributed by atoms with Gasteiger partial charge in [0.1, 0.15) is 5.70 Å². The van der Waals surface area contributed by atoms with Gasteiger partial charge < -0.3 is 9.57 Å². The number of ether oxygens (including phenoxy) is 1. The van der Waals surface area contributed by atoms with E-state index in [4.69, 9.17) is 4.84 Å². The van der Waals surface area contributed by atoms with E-state index in [1.807, 2.05) is 18.2 Å². The van der Waals surface area contributed by atoms with Crippen LogP contribution < -0.4 is 10.3 Å². The van der Waals surface area contributed by atoms with Gasteiger partial charge in [0.25, 0.3) is 0 Å². The molecular weight excluding hydrogens is 274 g/mol. The second-order valence-electron chi connectivity index (χ2n) is 2.92. The van der Waals surface area contributed by atoms with Gasteiger partial charge in [0.15, 0.2) is 5.75 Å². The van der Waals surface area contributed by atoms with Gasteiger partial charge in [-0.2, -0.15) is 0 Å². The van der Waals surface area contributed by atoms with E-state index in [0.717, 1.165) is 5.56 Å². The predicted molar refractivity (Wildman–Crippen MR) is 64.0 cm³/mol. The van der Waals surface area contributed by atoms with E-state index >= 15 is 0 Å². The molecule has 86 valence electrons. The molecule has 0 unspecified atom stereocenters. The van der Waals surface area contributed by atoms with Gasteiger partial charge >= 0.3 is 5.97 Å². The molecule has 0 radical (unpaired) electrons. The molecule has 0 bridgehead atoms. The maximum atomic E-state index is 11.0. The molecule has 0 fully saturated rings. The molecule has 4 nitrogen and oxygen atoms in total. The van der Waals surface area contributed by atoms with E-state index in [0.29, 0.717) is 11.1 Å². The van der Waals surface area contributed by atoms with Gasteiger partial charge in [0, 0.05) is 10.9 Å². The van der Waals surface area contributed by atoms with Gasteiger partial charge in [0.05, 0.1) is 7.11 Å². The van der Waals surface area contributed by atoms with Crippen molar-refractivity contribution in [3.8, 4) is 5.75 Å². The summed E-state index contributed by atoms with van der Waals surface area (Å²) in [5, 5.41) is 0.662. The van der Waals surface area contributed by atoms with Crippen LogP contribution in [0.1, 0.15) is 5.56 Å². The third-order valence-electron chi connectivity index (χ3n) is 1.83. The highest BCUT2D eigenvalue weighted by atomic mass is 79.9. The zero-order valence-electron chi connectivity index (χ0n) is 8.83. The van der Waals surface area contributed by atoms with Crippen LogP contribution in [0.4, 0.5) is 0 Å². The summed E-state index contributed by atoms with van der Waals surface area (Å²) in [5.41, 5.74) is 3.45.